The normalized spacial score (nSPS) is 14.1. The van der Waals surface area contributed by atoms with E-state index in [-0.39, 0.29) is 17.5 Å². The highest BCUT2D eigenvalue weighted by atomic mass is 32.2. The number of hydrogen-bond donors (Lipinski definition) is 2. The Kier molecular flexibility index (Phi) is 4.42. The predicted octanol–water partition coefficient (Wildman–Crippen LogP) is -0.128. The van der Waals surface area contributed by atoms with Crippen molar-refractivity contribution in [2.24, 2.45) is 0 Å². The molecule has 1 aromatic heterocycles. The van der Waals surface area contributed by atoms with Gasteiger partial charge in [0.1, 0.15) is 0 Å². The number of H-pyrrole nitrogens is 1. The van der Waals surface area contributed by atoms with Crippen molar-refractivity contribution in [2.75, 3.05) is 12.0 Å². The predicted molar refractivity (Wildman–Crippen MR) is 62.9 cm³/mol. The van der Waals surface area contributed by atoms with E-state index in [9.17, 15) is 13.8 Å². The average Bonchev–Trinajstić information content (AvgIpc) is 2.16. The van der Waals surface area contributed by atoms with Crippen LogP contribution in [0.4, 0.5) is 0 Å². The van der Waals surface area contributed by atoms with Crippen LogP contribution in [-0.4, -0.2) is 33.2 Å². The zero-order valence-electron chi connectivity index (χ0n) is 9.15. The van der Waals surface area contributed by atoms with Crippen molar-refractivity contribution in [2.45, 2.75) is 13.0 Å². The molecule has 0 bridgehead atoms. The smallest absolute Gasteiger partial charge is 0.251 e. The van der Waals surface area contributed by atoms with E-state index in [0.29, 0.717) is 11.3 Å². The van der Waals surface area contributed by atoms with Gasteiger partial charge in [0.05, 0.1) is 0 Å². The quantitative estimate of drug-likeness (QED) is 0.772. The molecule has 0 saturated carbocycles. The Balaban J connectivity index is 2.65. The molecule has 88 valence electrons. The van der Waals surface area contributed by atoms with Crippen LogP contribution < -0.4 is 10.9 Å². The van der Waals surface area contributed by atoms with Crippen LogP contribution in [0.5, 0.6) is 0 Å². The van der Waals surface area contributed by atoms with Gasteiger partial charge in [-0.25, -0.2) is 0 Å². The molecular formula is C10H14N2O3S. The number of carbonyl (C=O) groups is 1. The molecule has 1 aromatic rings. The summed E-state index contributed by atoms with van der Waals surface area (Å²) in [6.07, 6.45) is 3.00. The molecule has 0 fully saturated rings. The van der Waals surface area contributed by atoms with E-state index in [4.69, 9.17) is 0 Å². The van der Waals surface area contributed by atoms with Gasteiger partial charge in [0.25, 0.3) is 5.91 Å². The van der Waals surface area contributed by atoms with Gasteiger partial charge in [0.15, 0.2) is 0 Å². The molecule has 1 rings (SSSR count). The van der Waals surface area contributed by atoms with Gasteiger partial charge in [-0.1, -0.05) is 0 Å². The summed E-state index contributed by atoms with van der Waals surface area (Å²) in [6, 6.07) is 2.56. The molecule has 2 unspecified atom stereocenters. The maximum Gasteiger partial charge on any atom is 0.251 e. The summed E-state index contributed by atoms with van der Waals surface area (Å²) in [4.78, 5) is 25.0. The first-order valence-electron chi connectivity index (χ1n) is 4.78. The van der Waals surface area contributed by atoms with Crippen molar-refractivity contribution in [3.63, 3.8) is 0 Å². The summed E-state index contributed by atoms with van der Waals surface area (Å²) in [5.41, 5.74) is -0.0168. The number of hydrogen-bond acceptors (Lipinski definition) is 3. The number of aromatic nitrogens is 1. The van der Waals surface area contributed by atoms with Gasteiger partial charge >= 0.3 is 0 Å². The lowest BCUT2D eigenvalue weighted by molar-refractivity contribution is 0.0943. The van der Waals surface area contributed by atoms with E-state index in [0.717, 1.165) is 0 Å². The summed E-state index contributed by atoms with van der Waals surface area (Å²) in [7, 11) is -0.955. The number of rotatable bonds is 4. The highest BCUT2D eigenvalue weighted by molar-refractivity contribution is 7.84. The van der Waals surface area contributed by atoms with E-state index in [2.05, 4.69) is 10.3 Å². The fourth-order valence-electron chi connectivity index (χ4n) is 1.29. The van der Waals surface area contributed by atoms with Crippen molar-refractivity contribution < 1.29 is 9.00 Å². The lowest BCUT2D eigenvalue weighted by Crippen LogP contribution is -2.36. The molecule has 0 radical (unpaired) electrons. The standard InChI is InChI=1S/C10H14N2O3S/c1-7(6-16(2)15)12-10(14)8-3-4-11-9(13)5-8/h3-5,7H,6H2,1-2H3,(H,11,13)(H,12,14). The van der Waals surface area contributed by atoms with Crippen molar-refractivity contribution in [1.82, 2.24) is 10.3 Å². The molecule has 16 heavy (non-hydrogen) atoms. The molecular weight excluding hydrogens is 228 g/mol. The molecule has 0 saturated heterocycles. The molecule has 1 amide bonds. The van der Waals surface area contributed by atoms with Crippen LogP contribution in [0.15, 0.2) is 23.1 Å². The van der Waals surface area contributed by atoms with Gasteiger partial charge in [0, 0.05) is 46.7 Å². The largest absolute Gasteiger partial charge is 0.349 e. The van der Waals surface area contributed by atoms with Crippen LogP contribution in [0.1, 0.15) is 17.3 Å². The van der Waals surface area contributed by atoms with Crippen molar-refractivity contribution in [3.05, 3.63) is 34.2 Å². The molecule has 0 aliphatic rings. The minimum atomic E-state index is -0.955. The number of amides is 1. The Bertz CT molecular complexity index is 455. The number of pyridine rings is 1. The van der Waals surface area contributed by atoms with E-state index in [1.165, 1.54) is 18.3 Å². The second-order valence-electron chi connectivity index (χ2n) is 3.56. The SMILES string of the molecule is CC(CS(C)=O)NC(=O)c1cc[nH]c(=O)c1. The summed E-state index contributed by atoms with van der Waals surface area (Å²) >= 11 is 0. The fraction of sp³-hybridized carbons (Fsp3) is 0.400. The van der Waals surface area contributed by atoms with E-state index in [1.807, 2.05) is 0 Å². The topological polar surface area (TPSA) is 79.0 Å². The molecule has 1 heterocycles. The maximum atomic E-state index is 11.6. The van der Waals surface area contributed by atoms with Crippen molar-refractivity contribution >= 4 is 16.7 Å². The van der Waals surface area contributed by atoms with Crippen LogP contribution >= 0.6 is 0 Å². The third-order valence-corrected chi connectivity index (χ3v) is 2.87. The minimum absolute atomic E-state index is 0.183. The first-order valence-corrected chi connectivity index (χ1v) is 6.51. The first-order chi connectivity index (χ1) is 7.49. The van der Waals surface area contributed by atoms with Crippen molar-refractivity contribution in [1.29, 1.82) is 0 Å². The fourth-order valence-corrected chi connectivity index (χ4v) is 2.07. The number of aromatic amines is 1. The Morgan fingerprint density at radius 3 is 2.88 bits per heavy atom. The third kappa shape index (κ3) is 3.98. The highest BCUT2D eigenvalue weighted by Gasteiger charge is 2.10. The Morgan fingerprint density at radius 1 is 1.62 bits per heavy atom. The molecule has 0 aromatic carbocycles. The van der Waals surface area contributed by atoms with Gasteiger partial charge < -0.3 is 10.3 Å². The Morgan fingerprint density at radius 2 is 2.31 bits per heavy atom. The second-order valence-corrected chi connectivity index (χ2v) is 5.04. The third-order valence-electron chi connectivity index (χ3n) is 1.90. The van der Waals surface area contributed by atoms with Crippen molar-refractivity contribution in [3.8, 4) is 0 Å². The molecule has 6 heteroatoms. The zero-order chi connectivity index (χ0) is 12.1. The minimum Gasteiger partial charge on any atom is -0.349 e. The molecule has 0 aliphatic heterocycles. The van der Waals surface area contributed by atoms with Crippen LogP contribution in [0.3, 0.4) is 0 Å². The van der Waals surface area contributed by atoms with Gasteiger partial charge in [-0.05, 0) is 13.0 Å². The summed E-state index contributed by atoms with van der Waals surface area (Å²) in [5, 5.41) is 2.67. The first kappa shape index (κ1) is 12.6. The summed E-state index contributed by atoms with van der Waals surface area (Å²) in [6.45, 7) is 1.77. The number of carbonyl (C=O) groups excluding carboxylic acids is 1. The number of nitrogens with one attached hydrogen (secondary N) is 2. The maximum absolute atomic E-state index is 11.6. The van der Waals surface area contributed by atoms with E-state index in [1.54, 1.807) is 13.2 Å². The van der Waals surface area contributed by atoms with Gasteiger partial charge in [0.2, 0.25) is 5.56 Å². The molecule has 5 nitrogen and oxygen atoms in total. The monoisotopic (exact) mass is 242 g/mol. The van der Waals surface area contributed by atoms with Gasteiger partial charge in [-0.3, -0.25) is 13.8 Å². The van der Waals surface area contributed by atoms with Crippen LogP contribution in [0.25, 0.3) is 0 Å². The second kappa shape index (κ2) is 5.60. The van der Waals surface area contributed by atoms with Gasteiger partial charge in [-0.15, -0.1) is 0 Å². The molecule has 0 spiro atoms. The lowest BCUT2D eigenvalue weighted by atomic mass is 10.2. The molecule has 2 N–H and O–H groups in total. The summed E-state index contributed by atoms with van der Waals surface area (Å²) in [5.74, 6) is 0.0682. The molecule has 0 aliphatic carbocycles. The van der Waals surface area contributed by atoms with E-state index < -0.39 is 10.8 Å². The van der Waals surface area contributed by atoms with Crippen LogP contribution in [0.2, 0.25) is 0 Å². The zero-order valence-corrected chi connectivity index (χ0v) is 9.97. The molecule has 2 atom stereocenters. The van der Waals surface area contributed by atoms with Crippen LogP contribution in [-0.2, 0) is 10.8 Å². The Hall–Kier alpha value is -1.43. The highest BCUT2D eigenvalue weighted by Crippen LogP contribution is 1.95. The van der Waals surface area contributed by atoms with Gasteiger partial charge in [-0.2, -0.15) is 0 Å². The summed E-state index contributed by atoms with van der Waals surface area (Å²) < 4.78 is 10.9. The lowest BCUT2D eigenvalue weighted by Gasteiger charge is -2.11. The Labute approximate surface area is 95.7 Å². The van der Waals surface area contributed by atoms with Crippen LogP contribution in [0, 0.1) is 0 Å². The van der Waals surface area contributed by atoms with E-state index >= 15 is 0 Å². The average molecular weight is 242 g/mol.